The van der Waals surface area contributed by atoms with Crippen molar-refractivity contribution in [2.75, 3.05) is 40.1 Å². The van der Waals surface area contributed by atoms with E-state index in [-0.39, 0.29) is 17.7 Å². The Bertz CT molecular complexity index is 381. The SMILES string of the molecule is CCOCCOC/C=C(\OC)C(C(=O)N1CCCC1C)C(C)C. The van der Waals surface area contributed by atoms with Crippen LogP contribution < -0.4 is 0 Å². The van der Waals surface area contributed by atoms with Crippen molar-refractivity contribution >= 4 is 5.91 Å². The van der Waals surface area contributed by atoms with Gasteiger partial charge in [0.25, 0.3) is 0 Å². The minimum Gasteiger partial charge on any atom is -0.500 e. The van der Waals surface area contributed by atoms with Gasteiger partial charge in [-0.3, -0.25) is 4.79 Å². The van der Waals surface area contributed by atoms with Gasteiger partial charge in [0.2, 0.25) is 5.91 Å². The van der Waals surface area contributed by atoms with E-state index in [2.05, 4.69) is 20.8 Å². The molecule has 0 aliphatic carbocycles. The molecular formula is C18H33NO4. The number of ether oxygens (including phenoxy) is 3. The Labute approximate surface area is 141 Å². The number of methoxy groups -OCH3 is 1. The van der Waals surface area contributed by atoms with Crippen molar-refractivity contribution in [3.8, 4) is 0 Å². The van der Waals surface area contributed by atoms with Gasteiger partial charge in [-0.25, -0.2) is 0 Å². The summed E-state index contributed by atoms with van der Waals surface area (Å²) in [5, 5.41) is 0. The molecule has 0 aromatic rings. The van der Waals surface area contributed by atoms with Gasteiger partial charge < -0.3 is 19.1 Å². The Morgan fingerprint density at radius 1 is 1.30 bits per heavy atom. The number of carbonyl (C=O) groups excluding carboxylic acids is 1. The van der Waals surface area contributed by atoms with Crippen molar-refractivity contribution in [1.82, 2.24) is 4.90 Å². The summed E-state index contributed by atoms with van der Waals surface area (Å²) in [5.41, 5.74) is 0. The standard InChI is InChI=1S/C18H33NO4/c1-6-22-12-13-23-11-9-16(21-5)17(14(2)3)18(20)19-10-7-8-15(19)4/h9,14-15,17H,6-8,10-13H2,1-5H3/b16-9-. The maximum absolute atomic E-state index is 12.9. The van der Waals surface area contributed by atoms with Crippen LogP contribution in [0.5, 0.6) is 0 Å². The topological polar surface area (TPSA) is 48.0 Å². The lowest BCUT2D eigenvalue weighted by molar-refractivity contribution is -0.137. The normalized spacial score (nSPS) is 20.2. The largest absolute Gasteiger partial charge is 0.500 e. The van der Waals surface area contributed by atoms with Crippen LogP contribution in [-0.2, 0) is 19.0 Å². The Morgan fingerprint density at radius 2 is 2.00 bits per heavy atom. The molecule has 1 rings (SSSR count). The van der Waals surface area contributed by atoms with Crippen molar-refractivity contribution in [3.63, 3.8) is 0 Å². The van der Waals surface area contributed by atoms with Gasteiger partial charge >= 0.3 is 0 Å². The second-order valence-electron chi connectivity index (χ2n) is 6.33. The van der Waals surface area contributed by atoms with Crippen molar-refractivity contribution in [1.29, 1.82) is 0 Å². The second-order valence-corrected chi connectivity index (χ2v) is 6.33. The number of likely N-dealkylation sites (tertiary alicyclic amines) is 1. The van der Waals surface area contributed by atoms with Gasteiger partial charge in [-0.2, -0.15) is 0 Å². The molecule has 0 spiro atoms. The Morgan fingerprint density at radius 3 is 2.52 bits per heavy atom. The van der Waals surface area contributed by atoms with E-state index in [4.69, 9.17) is 14.2 Å². The maximum Gasteiger partial charge on any atom is 0.233 e. The number of carbonyl (C=O) groups is 1. The van der Waals surface area contributed by atoms with Crippen molar-refractivity contribution in [2.24, 2.45) is 11.8 Å². The molecule has 0 saturated carbocycles. The fraction of sp³-hybridized carbons (Fsp3) is 0.833. The summed E-state index contributed by atoms with van der Waals surface area (Å²) >= 11 is 0. The first-order chi connectivity index (χ1) is 11.0. The third-order valence-electron chi connectivity index (χ3n) is 4.29. The quantitative estimate of drug-likeness (QED) is 0.457. The van der Waals surface area contributed by atoms with Crippen molar-refractivity contribution in [2.45, 2.75) is 46.6 Å². The first kappa shape index (κ1) is 20.0. The zero-order valence-electron chi connectivity index (χ0n) is 15.3. The van der Waals surface area contributed by atoms with E-state index < -0.39 is 0 Å². The molecule has 23 heavy (non-hydrogen) atoms. The van der Waals surface area contributed by atoms with Crippen LogP contribution in [0.3, 0.4) is 0 Å². The highest BCUT2D eigenvalue weighted by Gasteiger charge is 2.35. The molecule has 1 saturated heterocycles. The van der Waals surface area contributed by atoms with Gasteiger partial charge in [-0.15, -0.1) is 0 Å². The average molecular weight is 327 g/mol. The summed E-state index contributed by atoms with van der Waals surface area (Å²) in [5.74, 6) is 0.828. The van der Waals surface area contributed by atoms with E-state index in [1.807, 2.05) is 17.9 Å². The van der Waals surface area contributed by atoms with E-state index >= 15 is 0 Å². The van der Waals surface area contributed by atoms with E-state index in [0.717, 1.165) is 19.4 Å². The summed E-state index contributed by atoms with van der Waals surface area (Å²) < 4.78 is 16.3. The molecule has 1 aliphatic heterocycles. The third-order valence-corrected chi connectivity index (χ3v) is 4.29. The van der Waals surface area contributed by atoms with E-state index in [0.29, 0.717) is 38.2 Å². The van der Waals surface area contributed by atoms with Crippen molar-refractivity contribution < 1.29 is 19.0 Å². The predicted octanol–water partition coefficient (Wildman–Crippen LogP) is 2.85. The fourth-order valence-corrected chi connectivity index (χ4v) is 3.00. The number of hydrogen-bond acceptors (Lipinski definition) is 4. The first-order valence-corrected chi connectivity index (χ1v) is 8.72. The highest BCUT2D eigenvalue weighted by molar-refractivity contribution is 5.82. The molecule has 2 unspecified atom stereocenters. The van der Waals surface area contributed by atoms with Gasteiger partial charge in [-0.05, 0) is 38.7 Å². The van der Waals surface area contributed by atoms with Crippen LogP contribution in [-0.4, -0.2) is 56.9 Å². The third kappa shape index (κ3) is 6.15. The van der Waals surface area contributed by atoms with E-state index in [1.165, 1.54) is 0 Å². The lowest BCUT2D eigenvalue weighted by atomic mass is 9.91. The summed E-state index contributed by atoms with van der Waals surface area (Å²) in [4.78, 5) is 14.9. The zero-order chi connectivity index (χ0) is 17.2. The molecule has 5 nitrogen and oxygen atoms in total. The number of nitrogens with zero attached hydrogens (tertiary/aromatic N) is 1. The van der Waals surface area contributed by atoms with Crippen LogP contribution in [0, 0.1) is 11.8 Å². The summed E-state index contributed by atoms with van der Waals surface area (Å²) in [6, 6.07) is 0.323. The van der Waals surface area contributed by atoms with Crippen LogP contribution in [0.1, 0.15) is 40.5 Å². The molecule has 1 heterocycles. The zero-order valence-corrected chi connectivity index (χ0v) is 15.3. The summed E-state index contributed by atoms with van der Waals surface area (Å²) in [6.45, 7) is 11.3. The van der Waals surface area contributed by atoms with E-state index in [9.17, 15) is 4.79 Å². The lowest BCUT2D eigenvalue weighted by Crippen LogP contribution is -2.41. The molecule has 0 radical (unpaired) electrons. The smallest absolute Gasteiger partial charge is 0.233 e. The Balaban J connectivity index is 2.66. The van der Waals surface area contributed by atoms with Gasteiger partial charge in [-0.1, -0.05) is 13.8 Å². The van der Waals surface area contributed by atoms with Gasteiger partial charge in [0.15, 0.2) is 0 Å². The molecule has 0 bridgehead atoms. The number of rotatable bonds is 10. The minimum atomic E-state index is -0.240. The predicted molar refractivity (Wildman–Crippen MR) is 91.1 cm³/mol. The minimum absolute atomic E-state index is 0.174. The van der Waals surface area contributed by atoms with Gasteiger partial charge in [0.1, 0.15) is 5.76 Å². The van der Waals surface area contributed by atoms with Gasteiger partial charge in [0, 0.05) is 19.2 Å². The maximum atomic E-state index is 12.9. The monoisotopic (exact) mass is 327 g/mol. The Kier molecular flexibility index (Phi) is 9.26. The second kappa shape index (κ2) is 10.7. The Hall–Kier alpha value is -1.07. The average Bonchev–Trinajstić information content (AvgIpc) is 2.94. The molecule has 1 fully saturated rings. The van der Waals surface area contributed by atoms with Crippen LogP contribution in [0.25, 0.3) is 0 Å². The molecule has 2 atom stereocenters. The molecule has 134 valence electrons. The fourth-order valence-electron chi connectivity index (χ4n) is 3.00. The molecule has 0 aromatic heterocycles. The summed E-state index contributed by atoms with van der Waals surface area (Å²) in [6.07, 6.45) is 4.06. The molecule has 5 heteroatoms. The first-order valence-electron chi connectivity index (χ1n) is 8.72. The van der Waals surface area contributed by atoms with Gasteiger partial charge in [0.05, 0.1) is 32.8 Å². The van der Waals surface area contributed by atoms with Crippen LogP contribution in [0.15, 0.2) is 11.8 Å². The molecule has 0 N–H and O–H groups in total. The van der Waals surface area contributed by atoms with Crippen molar-refractivity contribution in [3.05, 3.63) is 11.8 Å². The molecule has 1 amide bonds. The lowest BCUT2D eigenvalue weighted by Gasteiger charge is -2.30. The van der Waals surface area contributed by atoms with Crippen LogP contribution >= 0.6 is 0 Å². The molecule has 0 aromatic carbocycles. The van der Waals surface area contributed by atoms with Crippen LogP contribution in [0.4, 0.5) is 0 Å². The summed E-state index contributed by atoms with van der Waals surface area (Å²) in [7, 11) is 1.63. The highest BCUT2D eigenvalue weighted by atomic mass is 16.5. The van der Waals surface area contributed by atoms with Crippen LogP contribution in [0.2, 0.25) is 0 Å². The number of hydrogen-bond donors (Lipinski definition) is 0. The van der Waals surface area contributed by atoms with E-state index in [1.54, 1.807) is 7.11 Å². The molecule has 1 aliphatic rings. The highest BCUT2D eigenvalue weighted by Crippen LogP contribution is 2.27. The number of amides is 1. The molecular weight excluding hydrogens is 294 g/mol.